The molecule has 0 aromatic heterocycles. The highest BCUT2D eigenvalue weighted by molar-refractivity contribution is 5.77. The Kier molecular flexibility index (Phi) is 3.87. The normalized spacial score (nSPS) is 16.6. The molecule has 0 spiro atoms. The van der Waals surface area contributed by atoms with E-state index < -0.39 is 12.0 Å². The quantitative estimate of drug-likeness (QED) is 0.804. The van der Waals surface area contributed by atoms with Gasteiger partial charge in [-0.3, -0.25) is 4.79 Å². The number of hydrogen-bond acceptors (Lipinski definition) is 3. The fraction of sp³-hybridized carbons (Fsp3) is 0.500. The minimum absolute atomic E-state index is 0.588. The first kappa shape index (κ1) is 12.9. The standard InChI is InChI=1S/C14H19NO3/c1-18-11-8-7-9-5-3-2-4-6-10(9)12(11)13(15)14(16)17/h7-8,13H,2-6,15H2,1H3,(H,16,17). The lowest BCUT2D eigenvalue weighted by atomic mass is 9.92. The van der Waals surface area contributed by atoms with Gasteiger partial charge in [0.1, 0.15) is 11.8 Å². The lowest BCUT2D eigenvalue weighted by molar-refractivity contribution is -0.138. The zero-order valence-electron chi connectivity index (χ0n) is 10.6. The zero-order valence-corrected chi connectivity index (χ0v) is 10.6. The van der Waals surface area contributed by atoms with Crippen LogP contribution in [0.2, 0.25) is 0 Å². The number of ether oxygens (including phenoxy) is 1. The Morgan fingerprint density at radius 1 is 1.33 bits per heavy atom. The van der Waals surface area contributed by atoms with E-state index in [2.05, 4.69) is 0 Å². The molecular formula is C14H19NO3. The zero-order chi connectivity index (χ0) is 13.1. The third-order valence-corrected chi connectivity index (χ3v) is 3.58. The summed E-state index contributed by atoms with van der Waals surface area (Å²) >= 11 is 0. The molecule has 4 heteroatoms. The fourth-order valence-corrected chi connectivity index (χ4v) is 2.65. The maximum absolute atomic E-state index is 11.2. The first-order valence-electron chi connectivity index (χ1n) is 6.32. The van der Waals surface area contributed by atoms with E-state index in [-0.39, 0.29) is 0 Å². The molecule has 1 unspecified atom stereocenters. The predicted molar refractivity (Wildman–Crippen MR) is 68.8 cm³/mol. The first-order chi connectivity index (χ1) is 8.65. The van der Waals surface area contributed by atoms with E-state index in [1.54, 1.807) is 7.11 Å². The van der Waals surface area contributed by atoms with Gasteiger partial charge in [0.25, 0.3) is 0 Å². The van der Waals surface area contributed by atoms with Gasteiger partial charge >= 0.3 is 5.97 Å². The second-order valence-electron chi connectivity index (χ2n) is 4.70. The number of carboxylic acids is 1. The molecule has 2 rings (SSSR count). The lowest BCUT2D eigenvalue weighted by Crippen LogP contribution is -2.23. The van der Waals surface area contributed by atoms with Crippen molar-refractivity contribution in [3.63, 3.8) is 0 Å². The largest absolute Gasteiger partial charge is 0.496 e. The van der Waals surface area contributed by atoms with Crippen LogP contribution in [0.5, 0.6) is 5.75 Å². The molecule has 0 fully saturated rings. The van der Waals surface area contributed by atoms with Gasteiger partial charge in [-0.05, 0) is 42.9 Å². The number of fused-ring (bicyclic) bond motifs is 1. The summed E-state index contributed by atoms with van der Waals surface area (Å²) in [6.45, 7) is 0. The van der Waals surface area contributed by atoms with Crippen molar-refractivity contribution in [2.45, 2.75) is 38.1 Å². The van der Waals surface area contributed by atoms with Crippen molar-refractivity contribution in [2.75, 3.05) is 7.11 Å². The van der Waals surface area contributed by atoms with Crippen LogP contribution < -0.4 is 10.5 Å². The summed E-state index contributed by atoms with van der Waals surface area (Å²) in [4.78, 5) is 11.2. The van der Waals surface area contributed by atoms with E-state index in [1.165, 1.54) is 12.0 Å². The van der Waals surface area contributed by atoms with Crippen LogP contribution in [0.1, 0.15) is 42.0 Å². The molecule has 4 nitrogen and oxygen atoms in total. The molecule has 0 aliphatic heterocycles. The summed E-state index contributed by atoms with van der Waals surface area (Å²) in [5.41, 5.74) is 8.77. The highest BCUT2D eigenvalue weighted by Gasteiger charge is 2.25. The van der Waals surface area contributed by atoms with Gasteiger partial charge in [0.05, 0.1) is 7.11 Å². The Hall–Kier alpha value is -1.55. The van der Waals surface area contributed by atoms with Gasteiger partial charge < -0.3 is 15.6 Å². The molecule has 0 amide bonds. The van der Waals surface area contributed by atoms with E-state index in [0.717, 1.165) is 31.2 Å². The summed E-state index contributed by atoms with van der Waals surface area (Å²) < 4.78 is 5.28. The SMILES string of the molecule is COc1ccc2c(c1C(N)C(=O)O)CCCCC2. The Bertz CT molecular complexity index is 457. The molecule has 18 heavy (non-hydrogen) atoms. The molecular weight excluding hydrogens is 230 g/mol. The Morgan fingerprint density at radius 2 is 2.06 bits per heavy atom. The van der Waals surface area contributed by atoms with Crippen LogP contribution >= 0.6 is 0 Å². The van der Waals surface area contributed by atoms with Crippen LogP contribution in [0.3, 0.4) is 0 Å². The van der Waals surface area contributed by atoms with Crippen molar-refractivity contribution in [1.29, 1.82) is 0 Å². The van der Waals surface area contributed by atoms with Crippen molar-refractivity contribution in [2.24, 2.45) is 5.73 Å². The van der Waals surface area contributed by atoms with Crippen LogP contribution in [0, 0.1) is 0 Å². The second-order valence-corrected chi connectivity index (χ2v) is 4.70. The van der Waals surface area contributed by atoms with E-state index in [9.17, 15) is 4.79 Å². The summed E-state index contributed by atoms with van der Waals surface area (Å²) in [5.74, 6) is -0.420. The van der Waals surface area contributed by atoms with Crippen LogP contribution in [0.25, 0.3) is 0 Å². The Labute approximate surface area is 107 Å². The van der Waals surface area contributed by atoms with Gasteiger partial charge in [0, 0.05) is 5.56 Å². The molecule has 1 aromatic carbocycles. The summed E-state index contributed by atoms with van der Waals surface area (Å²) in [6, 6.07) is 2.87. The molecule has 1 aromatic rings. The molecule has 0 bridgehead atoms. The fourth-order valence-electron chi connectivity index (χ4n) is 2.65. The summed E-state index contributed by atoms with van der Waals surface area (Å²) in [6.07, 6.45) is 5.31. The smallest absolute Gasteiger partial charge is 0.325 e. The Balaban J connectivity index is 2.55. The number of hydrogen-bond donors (Lipinski definition) is 2. The van der Waals surface area contributed by atoms with Crippen LogP contribution in [-0.4, -0.2) is 18.2 Å². The molecule has 0 radical (unpaired) electrons. The number of rotatable bonds is 3. The van der Waals surface area contributed by atoms with E-state index in [4.69, 9.17) is 15.6 Å². The number of aryl methyl sites for hydroxylation is 1. The molecule has 0 heterocycles. The average molecular weight is 249 g/mol. The number of methoxy groups -OCH3 is 1. The minimum atomic E-state index is -1.01. The van der Waals surface area contributed by atoms with E-state index >= 15 is 0 Å². The minimum Gasteiger partial charge on any atom is -0.496 e. The van der Waals surface area contributed by atoms with Crippen molar-refractivity contribution >= 4 is 5.97 Å². The van der Waals surface area contributed by atoms with Gasteiger partial charge in [-0.1, -0.05) is 12.5 Å². The molecule has 1 aliphatic carbocycles. The number of aliphatic carboxylic acids is 1. The summed E-state index contributed by atoms with van der Waals surface area (Å²) in [7, 11) is 1.55. The molecule has 1 aliphatic rings. The van der Waals surface area contributed by atoms with E-state index in [1.807, 2.05) is 12.1 Å². The predicted octanol–water partition coefficient (Wildman–Crippen LogP) is 2.05. The summed E-state index contributed by atoms with van der Waals surface area (Å²) in [5, 5.41) is 9.15. The van der Waals surface area contributed by atoms with Crippen molar-refractivity contribution in [3.05, 3.63) is 28.8 Å². The van der Waals surface area contributed by atoms with Crippen LogP contribution in [0.4, 0.5) is 0 Å². The number of nitrogens with two attached hydrogens (primary N) is 1. The van der Waals surface area contributed by atoms with Crippen LogP contribution in [-0.2, 0) is 17.6 Å². The van der Waals surface area contributed by atoms with Gasteiger partial charge in [-0.2, -0.15) is 0 Å². The van der Waals surface area contributed by atoms with Gasteiger partial charge in [-0.25, -0.2) is 0 Å². The molecule has 3 N–H and O–H groups in total. The molecule has 0 saturated carbocycles. The lowest BCUT2D eigenvalue weighted by Gasteiger charge is -2.19. The highest BCUT2D eigenvalue weighted by atomic mass is 16.5. The number of carbonyl (C=O) groups is 1. The first-order valence-corrected chi connectivity index (χ1v) is 6.32. The highest BCUT2D eigenvalue weighted by Crippen LogP contribution is 2.34. The molecule has 1 atom stereocenters. The van der Waals surface area contributed by atoms with Gasteiger partial charge in [0.2, 0.25) is 0 Å². The number of carboxylic acid groups (broad SMARTS) is 1. The Morgan fingerprint density at radius 3 is 2.72 bits per heavy atom. The number of benzene rings is 1. The maximum Gasteiger partial charge on any atom is 0.325 e. The second kappa shape index (κ2) is 5.40. The molecule has 98 valence electrons. The molecule has 0 saturated heterocycles. The van der Waals surface area contributed by atoms with Crippen LogP contribution in [0.15, 0.2) is 12.1 Å². The van der Waals surface area contributed by atoms with Crippen molar-refractivity contribution < 1.29 is 14.6 Å². The third kappa shape index (κ3) is 2.34. The monoisotopic (exact) mass is 249 g/mol. The third-order valence-electron chi connectivity index (χ3n) is 3.58. The van der Waals surface area contributed by atoms with Gasteiger partial charge in [0.15, 0.2) is 0 Å². The van der Waals surface area contributed by atoms with Gasteiger partial charge in [-0.15, -0.1) is 0 Å². The van der Waals surface area contributed by atoms with Crippen molar-refractivity contribution in [1.82, 2.24) is 0 Å². The van der Waals surface area contributed by atoms with E-state index in [0.29, 0.717) is 11.3 Å². The maximum atomic E-state index is 11.2. The average Bonchev–Trinajstić information content (AvgIpc) is 2.61. The topological polar surface area (TPSA) is 72.5 Å². The van der Waals surface area contributed by atoms with Crippen molar-refractivity contribution in [3.8, 4) is 5.75 Å².